The summed E-state index contributed by atoms with van der Waals surface area (Å²) in [4.78, 5) is 6.27. The van der Waals surface area contributed by atoms with Crippen LogP contribution in [-0.2, 0) is 19.7 Å². The van der Waals surface area contributed by atoms with Crippen molar-refractivity contribution >= 4 is 42.9 Å². The van der Waals surface area contributed by atoms with Crippen molar-refractivity contribution in [2.24, 2.45) is 0 Å². The van der Waals surface area contributed by atoms with Crippen LogP contribution in [0, 0.1) is 0 Å². The van der Waals surface area contributed by atoms with Crippen LogP contribution < -0.4 is 0 Å². The molecule has 0 radical (unpaired) electrons. The summed E-state index contributed by atoms with van der Waals surface area (Å²) >= 11 is 11.1. The Kier molecular flexibility index (Phi) is 3.49. The maximum atomic E-state index is 11.2. The third-order valence-corrected chi connectivity index (χ3v) is 4.21. The molecular formula is C6H6Cl2N2O4S2. The third kappa shape index (κ3) is 2.82. The second-order valence-electron chi connectivity index (χ2n) is 2.96. The minimum absolute atomic E-state index is 0.483. The van der Waals surface area contributed by atoms with Gasteiger partial charge < -0.3 is 0 Å². The Morgan fingerprint density at radius 3 is 1.50 bits per heavy atom. The number of hydrogen-bond donors (Lipinski definition) is 0. The lowest BCUT2D eigenvalue weighted by molar-refractivity contribution is 0.588. The normalized spacial score (nSPS) is 12.8. The second-order valence-corrected chi connectivity index (χ2v) is 7.54. The minimum atomic E-state index is -3.71. The molecule has 0 atom stereocenters. The maximum absolute atomic E-state index is 11.2. The Labute approximate surface area is 102 Å². The monoisotopic (exact) mass is 304 g/mol. The predicted molar refractivity (Wildman–Crippen MR) is 58.3 cm³/mol. The van der Waals surface area contributed by atoms with Gasteiger partial charge in [-0.3, -0.25) is 0 Å². The minimum Gasteiger partial charge on any atom is -0.224 e. The summed E-state index contributed by atoms with van der Waals surface area (Å²) < 4.78 is 44.7. The molecule has 1 heterocycles. The topological polar surface area (TPSA) is 94.1 Å². The summed E-state index contributed by atoms with van der Waals surface area (Å²) in [6.07, 6.45) is 1.72. The molecule has 1 rings (SSSR count). The zero-order valence-corrected chi connectivity index (χ0v) is 11.2. The molecule has 1 aromatic rings. The smallest absolute Gasteiger partial charge is 0.224 e. The molecule has 0 spiro atoms. The number of nitrogens with zero attached hydrogens (tertiary/aromatic N) is 2. The highest BCUT2D eigenvalue weighted by Gasteiger charge is 2.23. The van der Waals surface area contributed by atoms with Crippen LogP contribution in [0.2, 0.25) is 10.3 Å². The highest BCUT2D eigenvalue weighted by molar-refractivity contribution is 7.91. The van der Waals surface area contributed by atoms with Crippen molar-refractivity contribution in [1.82, 2.24) is 9.97 Å². The van der Waals surface area contributed by atoms with Gasteiger partial charge in [-0.05, 0) is 0 Å². The quantitative estimate of drug-likeness (QED) is 0.586. The Balaban J connectivity index is 3.66. The highest BCUT2D eigenvalue weighted by atomic mass is 35.5. The van der Waals surface area contributed by atoms with E-state index < -0.39 is 40.0 Å². The molecule has 0 aromatic carbocycles. The van der Waals surface area contributed by atoms with Crippen molar-refractivity contribution in [3.63, 3.8) is 0 Å². The van der Waals surface area contributed by atoms with Gasteiger partial charge in [0.15, 0.2) is 20.1 Å². The number of rotatable bonds is 2. The maximum Gasteiger partial charge on any atom is 0.249 e. The molecular weight excluding hydrogens is 299 g/mol. The molecule has 0 saturated heterocycles. The van der Waals surface area contributed by atoms with Crippen LogP contribution >= 0.6 is 23.2 Å². The van der Waals surface area contributed by atoms with Gasteiger partial charge in [0.2, 0.25) is 15.0 Å². The Hall–Kier alpha value is -0.440. The molecule has 0 bridgehead atoms. The van der Waals surface area contributed by atoms with Gasteiger partial charge in [0.1, 0.15) is 4.90 Å². The van der Waals surface area contributed by atoms with Crippen molar-refractivity contribution in [2.45, 2.75) is 10.1 Å². The Morgan fingerprint density at radius 2 is 1.25 bits per heavy atom. The van der Waals surface area contributed by atoms with E-state index in [0.717, 1.165) is 12.5 Å². The fraction of sp³-hybridized carbons (Fsp3) is 0.333. The van der Waals surface area contributed by atoms with Crippen LogP contribution in [0.3, 0.4) is 0 Å². The number of aromatic nitrogens is 2. The number of sulfone groups is 2. The summed E-state index contributed by atoms with van der Waals surface area (Å²) in [5.41, 5.74) is 0. The summed E-state index contributed by atoms with van der Waals surface area (Å²) in [6.45, 7) is 0. The largest absolute Gasteiger partial charge is 0.249 e. The van der Waals surface area contributed by atoms with Crippen molar-refractivity contribution in [3.8, 4) is 0 Å². The summed E-state index contributed by atoms with van der Waals surface area (Å²) in [6, 6.07) is 0. The third-order valence-electron chi connectivity index (χ3n) is 1.46. The molecule has 90 valence electrons. The molecule has 10 heteroatoms. The van der Waals surface area contributed by atoms with Gasteiger partial charge in [0.25, 0.3) is 0 Å². The lowest BCUT2D eigenvalue weighted by Crippen LogP contribution is -2.09. The first-order valence-electron chi connectivity index (χ1n) is 3.66. The van der Waals surface area contributed by atoms with Gasteiger partial charge in [-0.2, -0.15) is 0 Å². The van der Waals surface area contributed by atoms with Crippen LogP contribution in [0.1, 0.15) is 0 Å². The molecule has 0 fully saturated rings. The second kappa shape index (κ2) is 4.10. The van der Waals surface area contributed by atoms with E-state index in [1.54, 1.807) is 0 Å². The van der Waals surface area contributed by atoms with Gasteiger partial charge in [-0.1, -0.05) is 23.2 Å². The van der Waals surface area contributed by atoms with E-state index in [9.17, 15) is 16.8 Å². The van der Waals surface area contributed by atoms with Crippen LogP contribution in [-0.4, -0.2) is 39.3 Å². The molecule has 0 aliphatic carbocycles. The molecule has 0 aliphatic heterocycles. The first-order valence-corrected chi connectivity index (χ1v) is 8.20. The molecule has 6 nitrogen and oxygen atoms in total. The van der Waals surface area contributed by atoms with Crippen molar-refractivity contribution in [1.29, 1.82) is 0 Å². The van der Waals surface area contributed by atoms with Crippen LogP contribution in [0.4, 0.5) is 0 Å². The van der Waals surface area contributed by atoms with Crippen LogP contribution in [0.25, 0.3) is 0 Å². The fourth-order valence-corrected chi connectivity index (χ4v) is 3.40. The molecule has 1 aromatic heterocycles. The first-order chi connectivity index (χ1) is 7.03. The van der Waals surface area contributed by atoms with Crippen molar-refractivity contribution in [2.75, 3.05) is 12.5 Å². The zero-order valence-electron chi connectivity index (χ0n) is 8.10. The Bertz CT molecular complexity index is 615. The van der Waals surface area contributed by atoms with Gasteiger partial charge in [-0.15, -0.1) is 0 Å². The molecule has 0 saturated carbocycles. The standard InChI is InChI=1S/C6H6Cl2N2O4S2/c1-15(11,12)3-4(7)9-6(10-5(3)8)16(2,13)14/h1-2H3. The van der Waals surface area contributed by atoms with Crippen molar-refractivity contribution < 1.29 is 16.8 Å². The number of halogens is 2. The lowest BCUT2D eigenvalue weighted by Gasteiger charge is -2.04. The molecule has 0 N–H and O–H groups in total. The van der Waals surface area contributed by atoms with Crippen molar-refractivity contribution in [3.05, 3.63) is 10.3 Å². The molecule has 0 amide bonds. The SMILES string of the molecule is CS(=O)(=O)c1nc(Cl)c(S(C)(=O)=O)c(Cl)n1. The van der Waals surface area contributed by atoms with Gasteiger partial charge in [0, 0.05) is 12.5 Å². The fourth-order valence-electron chi connectivity index (χ4n) is 0.851. The van der Waals surface area contributed by atoms with Crippen LogP contribution in [0.5, 0.6) is 0 Å². The summed E-state index contributed by atoms with van der Waals surface area (Å²) in [7, 11) is -7.41. The molecule has 0 unspecified atom stereocenters. The average molecular weight is 305 g/mol. The summed E-state index contributed by atoms with van der Waals surface area (Å²) in [5, 5.41) is -1.64. The van der Waals surface area contributed by atoms with E-state index in [-0.39, 0.29) is 0 Å². The zero-order chi connectivity index (χ0) is 12.7. The van der Waals surface area contributed by atoms with E-state index in [1.165, 1.54) is 0 Å². The predicted octanol–water partition coefficient (Wildman–Crippen LogP) is 0.590. The Morgan fingerprint density at radius 1 is 0.875 bits per heavy atom. The number of hydrogen-bond acceptors (Lipinski definition) is 6. The van der Waals surface area contributed by atoms with Gasteiger partial charge in [-0.25, -0.2) is 26.8 Å². The van der Waals surface area contributed by atoms with Gasteiger partial charge in [0.05, 0.1) is 0 Å². The van der Waals surface area contributed by atoms with E-state index in [1.807, 2.05) is 0 Å². The lowest BCUT2D eigenvalue weighted by atomic mass is 10.7. The highest BCUT2D eigenvalue weighted by Crippen LogP contribution is 2.27. The van der Waals surface area contributed by atoms with Gasteiger partial charge >= 0.3 is 0 Å². The van der Waals surface area contributed by atoms with Crippen LogP contribution in [0.15, 0.2) is 10.1 Å². The molecule has 0 aliphatic rings. The van der Waals surface area contributed by atoms with E-state index >= 15 is 0 Å². The van der Waals surface area contributed by atoms with E-state index in [0.29, 0.717) is 0 Å². The summed E-state index contributed by atoms with van der Waals surface area (Å²) in [5.74, 6) is 0. The van der Waals surface area contributed by atoms with E-state index in [4.69, 9.17) is 23.2 Å². The first kappa shape index (κ1) is 13.6. The van der Waals surface area contributed by atoms with E-state index in [2.05, 4.69) is 9.97 Å². The molecule has 16 heavy (non-hydrogen) atoms. The average Bonchev–Trinajstić information content (AvgIpc) is 1.97.